The van der Waals surface area contributed by atoms with Crippen molar-refractivity contribution in [3.05, 3.63) is 74.4 Å². The number of aromatic amines is 1. The van der Waals surface area contributed by atoms with E-state index in [0.717, 1.165) is 15.6 Å². The largest absolute Gasteiger partial charge is 0.250 e. The molecule has 1 N–H and O–H groups in total. The molecule has 4 nitrogen and oxygen atoms in total. The first-order chi connectivity index (χ1) is 11.6. The highest BCUT2D eigenvalue weighted by Gasteiger charge is 2.07. The van der Waals surface area contributed by atoms with Crippen LogP contribution >= 0.6 is 39.7 Å². The molecule has 3 rings (SSSR count). The van der Waals surface area contributed by atoms with Gasteiger partial charge in [0.2, 0.25) is 4.77 Å². The lowest BCUT2D eigenvalue weighted by molar-refractivity contribution is 0.872. The molecule has 0 aliphatic heterocycles. The Morgan fingerprint density at radius 1 is 1.17 bits per heavy atom. The van der Waals surface area contributed by atoms with Gasteiger partial charge in [0.15, 0.2) is 5.82 Å². The lowest BCUT2D eigenvalue weighted by atomic mass is 10.2. The Morgan fingerprint density at radius 2 is 1.88 bits per heavy atom. The third-order valence-corrected chi connectivity index (χ3v) is 4.10. The van der Waals surface area contributed by atoms with Gasteiger partial charge in [-0.25, -0.2) is 5.10 Å². The summed E-state index contributed by atoms with van der Waals surface area (Å²) in [7, 11) is 0. The molecular weight excluding hydrogens is 408 g/mol. The van der Waals surface area contributed by atoms with Crippen LogP contribution in [0.5, 0.6) is 0 Å². The van der Waals surface area contributed by atoms with E-state index < -0.39 is 0 Å². The van der Waals surface area contributed by atoms with Crippen LogP contribution in [0.1, 0.15) is 5.56 Å². The first-order valence-electron chi connectivity index (χ1n) is 7.03. The Labute approximate surface area is 157 Å². The predicted octanol–water partition coefficient (Wildman–Crippen LogP) is 5.53. The topological polar surface area (TPSA) is 46.0 Å². The molecule has 7 heteroatoms. The number of aromatic nitrogens is 3. The van der Waals surface area contributed by atoms with Crippen LogP contribution in [0.25, 0.3) is 17.5 Å². The van der Waals surface area contributed by atoms with E-state index in [1.54, 1.807) is 23.0 Å². The Balaban J connectivity index is 1.90. The van der Waals surface area contributed by atoms with Crippen molar-refractivity contribution in [3.63, 3.8) is 0 Å². The fourth-order valence-corrected chi connectivity index (χ4v) is 2.70. The minimum absolute atomic E-state index is 0.413. The second kappa shape index (κ2) is 7.70. The first kappa shape index (κ1) is 16.8. The van der Waals surface area contributed by atoms with Crippen molar-refractivity contribution >= 4 is 52.0 Å². The third kappa shape index (κ3) is 4.08. The number of hydrogen-bond donors (Lipinski definition) is 1. The normalized spacial score (nSPS) is 12.0. The average Bonchev–Trinajstić information content (AvgIpc) is 2.95. The molecule has 0 aliphatic rings. The summed E-state index contributed by atoms with van der Waals surface area (Å²) >= 11 is 14.7. The molecule has 0 radical (unpaired) electrons. The summed E-state index contributed by atoms with van der Waals surface area (Å²) < 4.78 is 2.80. The standard InChI is InChI=1S/C17H12BrClN4S/c18-14(10-12-4-2-1-3-5-12)11-20-23-16(21-22-17(23)24)13-6-8-15(19)9-7-13/h1-11H,(H,22,24)/b14-10-,20-11?. The quantitative estimate of drug-likeness (QED) is 0.446. The van der Waals surface area contributed by atoms with Crippen LogP contribution in [0.2, 0.25) is 5.02 Å². The van der Waals surface area contributed by atoms with Crippen molar-refractivity contribution in [1.82, 2.24) is 14.9 Å². The second-order valence-corrected chi connectivity index (χ2v) is 6.59. The molecule has 0 amide bonds. The van der Waals surface area contributed by atoms with Gasteiger partial charge in [-0.1, -0.05) is 41.9 Å². The molecule has 0 saturated heterocycles. The summed E-state index contributed by atoms with van der Waals surface area (Å²) in [6.45, 7) is 0. The summed E-state index contributed by atoms with van der Waals surface area (Å²) in [4.78, 5) is 0. The number of allylic oxidation sites excluding steroid dienone is 1. The van der Waals surface area contributed by atoms with E-state index in [2.05, 4.69) is 31.2 Å². The maximum atomic E-state index is 5.92. The smallest absolute Gasteiger partial charge is 0.216 e. The van der Waals surface area contributed by atoms with Crippen LogP contribution in [0.3, 0.4) is 0 Å². The highest BCUT2D eigenvalue weighted by molar-refractivity contribution is 9.12. The Morgan fingerprint density at radius 3 is 2.58 bits per heavy atom. The van der Waals surface area contributed by atoms with Crippen LogP contribution in [-0.4, -0.2) is 21.1 Å². The van der Waals surface area contributed by atoms with Gasteiger partial charge < -0.3 is 0 Å². The molecule has 0 saturated carbocycles. The monoisotopic (exact) mass is 418 g/mol. The van der Waals surface area contributed by atoms with Crippen LogP contribution in [0, 0.1) is 4.77 Å². The molecule has 1 heterocycles. The number of halogens is 2. The summed E-state index contributed by atoms with van der Waals surface area (Å²) in [6, 6.07) is 17.3. The lowest BCUT2D eigenvalue weighted by Crippen LogP contribution is -1.94. The molecule has 0 bridgehead atoms. The molecule has 2 aromatic carbocycles. The highest BCUT2D eigenvalue weighted by Crippen LogP contribution is 2.20. The zero-order chi connectivity index (χ0) is 16.9. The molecule has 0 fully saturated rings. The minimum atomic E-state index is 0.413. The van der Waals surface area contributed by atoms with Crippen molar-refractivity contribution in [2.45, 2.75) is 0 Å². The van der Waals surface area contributed by atoms with Crippen molar-refractivity contribution in [2.75, 3.05) is 0 Å². The first-order valence-corrected chi connectivity index (χ1v) is 8.61. The van der Waals surface area contributed by atoms with Crippen LogP contribution in [-0.2, 0) is 0 Å². The van der Waals surface area contributed by atoms with E-state index in [4.69, 9.17) is 23.8 Å². The van der Waals surface area contributed by atoms with Crippen molar-refractivity contribution in [3.8, 4) is 11.4 Å². The molecule has 0 aliphatic carbocycles. The number of rotatable bonds is 4. The van der Waals surface area contributed by atoms with Gasteiger partial charge in [-0.05, 0) is 64.1 Å². The zero-order valence-electron chi connectivity index (χ0n) is 12.4. The van der Waals surface area contributed by atoms with Gasteiger partial charge >= 0.3 is 0 Å². The number of hydrogen-bond acceptors (Lipinski definition) is 3. The molecule has 0 unspecified atom stereocenters. The summed E-state index contributed by atoms with van der Waals surface area (Å²) in [5, 5.41) is 12.1. The van der Waals surface area contributed by atoms with Gasteiger partial charge in [-0.2, -0.15) is 14.9 Å². The van der Waals surface area contributed by atoms with Gasteiger partial charge in [-0.15, -0.1) is 0 Å². The maximum absolute atomic E-state index is 5.92. The minimum Gasteiger partial charge on any atom is -0.250 e. The fourth-order valence-electron chi connectivity index (χ4n) is 2.04. The summed E-state index contributed by atoms with van der Waals surface area (Å²) in [5.41, 5.74) is 1.94. The predicted molar refractivity (Wildman–Crippen MR) is 105 cm³/mol. The number of H-pyrrole nitrogens is 1. The van der Waals surface area contributed by atoms with Gasteiger partial charge in [0.1, 0.15) is 0 Å². The van der Waals surface area contributed by atoms with Gasteiger partial charge in [0, 0.05) is 15.1 Å². The van der Waals surface area contributed by atoms with Crippen molar-refractivity contribution in [1.29, 1.82) is 0 Å². The van der Waals surface area contributed by atoms with E-state index in [9.17, 15) is 0 Å². The van der Waals surface area contributed by atoms with Crippen LogP contribution in [0.15, 0.2) is 64.2 Å². The molecule has 1 aromatic heterocycles. The average molecular weight is 420 g/mol. The summed E-state index contributed by atoms with van der Waals surface area (Å²) in [5.74, 6) is 0.618. The molecule has 24 heavy (non-hydrogen) atoms. The van der Waals surface area contributed by atoms with Crippen LogP contribution in [0.4, 0.5) is 0 Å². The Bertz CT molecular complexity index is 943. The van der Waals surface area contributed by atoms with E-state index in [1.807, 2.05) is 48.5 Å². The second-order valence-electron chi connectivity index (χ2n) is 4.86. The SMILES string of the molecule is S=c1[nH]nc(-c2ccc(Cl)cc2)n1N=C/C(Br)=C/c1ccccc1. The molecule has 3 aromatic rings. The van der Waals surface area contributed by atoms with E-state index in [0.29, 0.717) is 15.6 Å². The Kier molecular flexibility index (Phi) is 5.40. The van der Waals surface area contributed by atoms with Gasteiger partial charge in [0.25, 0.3) is 0 Å². The number of nitrogens with zero attached hydrogens (tertiary/aromatic N) is 3. The van der Waals surface area contributed by atoms with Crippen LogP contribution < -0.4 is 0 Å². The zero-order valence-corrected chi connectivity index (χ0v) is 15.5. The van der Waals surface area contributed by atoms with E-state index in [1.165, 1.54) is 0 Å². The van der Waals surface area contributed by atoms with E-state index in [-0.39, 0.29) is 0 Å². The molecule has 120 valence electrons. The third-order valence-electron chi connectivity index (χ3n) is 3.15. The van der Waals surface area contributed by atoms with Crippen molar-refractivity contribution in [2.24, 2.45) is 5.10 Å². The van der Waals surface area contributed by atoms with Gasteiger partial charge in [-0.3, -0.25) is 0 Å². The Hall–Kier alpha value is -2.02. The lowest BCUT2D eigenvalue weighted by Gasteiger charge is -2.01. The molecule has 0 spiro atoms. The maximum Gasteiger partial charge on any atom is 0.216 e. The molecule has 0 atom stereocenters. The number of nitrogens with one attached hydrogen (secondary N) is 1. The van der Waals surface area contributed by atoms with Crippen molar-refractivity contribution < 1.29 is 0 Å². The fraction of sp³-hybridized carbons (Fsp3) is 0. The summed E-state index contributed by atoms with van der Waals surface area (Å²) in [6.07, 6.45) is 3.65. The van der Waals surface area contributed by atoms with E-state index >= 15 is 0 Å². The highest BCUT2D eigenvalue weighted by atomic mass is 79.9. The number of benzene rings is 2. The molecular formula is C17H12BrClN4S. The van der Waals surface area contributed by atoms with Gasteiger partial charge in [0.05, 0.1) is 6.21 Å².